The van der Waals surface area contributed by atoms with Crippen LogP contribution in [0.4, 0.5) is 24.5 Å². The molecule has 1 saturated heterocycles. The Bertz CT molecular complexity index is 921. The predicted octanol–water partition coefficient (Wildman–Crippen LogP) is 4.20. The summed E-state index contributed by atoms with van der Waals surface area (Å²) in [6.45, 7) is 3.37. The van der Waals surface area contributed by atoms with Crippen LogP contribution in [0.5, 0.6) is 0 Å². The zero-order valence-corrected chi connectivity index (χ0v) is 16.5. The molecule has 2 aromatic rings. The van der Waals surface area contributed by atoms with Gasteiger partial charge >= 0.3 is 6.18 Å². The van der Waals surface area contributed by atoms with Crippen molar-refractivity contribution >= 4 is 17.3 Å². The number of rotatable bonds is 5. The molecule has 9 heteroatoms. The smallest absolute Gasteiger partial charge is 0.362 e. The van der Waals surface area contributed by atoms with Gasteiger partial charge in [0.05, 0.1) is 10.5 Å². The van der Waals surface area contributed by atoms with Gasteiger partial charge in [-0.2, -0.15) is 13.2 Å². The molecule has 1 heterocycles. The molecule has 0 spiro atoms. The van der Waals surface area contributed by atoms with E-state index in [-0.39, 0.29) is 11.6 Å². The molecule has 3 rings (SSSR count). The lowest BCUT2D eigenvalue weighted by molar-refractivity contribution is -0.384. The second-order valence-corrected chi connectivity index (χ2v) is 7.31. The number of benzene rings is 2. The van der Waals surface area contributed by atoms with Crippen molar-refractivity contribution in [2.45, 2.75) is 25.9 Å². The lowest BCUT2D eigenvalue weighted by atomic mass is 10.1. The SMILES string of the molecule is Cc1ccc(CCC(=O)N2CCN(c3ccc(C(F)(F)F)cc3[N+](=O)[O-])CC2)cc1. The Labute approximate surface area is 172 Å². The maximum absolute atomic E-state index is 12.9. The molecule has 160 valence electrons. The van der Waals surface area contributed by atoms with Gasteiger partial charge in [-0.15, -0.1) is 0 Å². The van der Waals surface area contributed by atoms with Gasteiger partial charge in [0.15, 0.2) is 0 Å². The first-order valence-electron chi connectivity index (χ1n) is 9.59. The summed E-state index contributed by atoms with van der Waals surface area (Å²) in [4.78, 5) is 26.3. The summed E-state index contributed by atoms with van der Waals surface area (Å²) in [5.74, 6) is -0.00264. The number of nitro groups is 1. The number of carbonyl (C=O) groups is 1. The Balaban J connectivity index is 1.61. The van der Waals surface area contributed by atoms with E-state index in [9.17, 15) is 28.1 Å². The second-order valence-electron chi connectivity index (χ2n) is 7.31. The Morgan fingerprint density at radius 2 is 1.70 bits per heavy atom. The zero-order valence-electron chi connectivity index (χ0n) is 16.5. The van der Waals surface area contributed by atoms with Gasteiger partial charge in [-0.25, -0.2) is 0 Å². The van der Waals surface area contributed by atoms with Crippen molar-refractivity contribution in [2.75, 3.05) is 31.1 Å². The molecule has 1 fully saturated rings. The van der Waals surface area contributed by atoms with Gasteiger partial charge in [-0.1, -0.05) is 29.8 Å². The van der Waals surface area contributed by atoms with Crippen LogP contribution in [0, 0.1) is 17.0 Å². The van der Waals surface area contributed by atoms with Crippen LogP contribution in [0.2, 0.25) is 0 Å². The van der Waals surface area contributed by atoms with Gasteiger partial charge in [0.25, 0.3) is 5.69 Å². The molecule has 6 nitrogen and oxygen atoms in total. The minimum Gasteiger partial charge on any atom is -0.362 e. The summed E-state index contributed by atoms with van der Waals surface area (Å²) in [7, 11) is 0. The molecule has 1 amide bonds. The number of aryl methyl sites for hydroxylation is 2. The monoisotopic (exact) mass is 421 g/mol. The second kappa shape index (κ2) is 8.73. The van der Waals surface area contributed by atoms with Gasteiger partial charge in [0, 0.05) is 38.7 Å². The number of piperazine rings is 1. The molecule has 0 bridgehead atoms. The molecule has 0 atom stereocenters. The standard InChI is InChI=1S/C21H22F3N3O3/c1-15-2-4-16(5-3-15)6-9-20(28)26-12-10-25(11-13-26)18-8-7-17(21(22,23)24)14-19(18)27(29)30/h2-5,7-8,14H,6,9-13H2,1H3. The third-order valence-corrected chi connectivity index (χ3v) is 5.22. The fraction of sp³-hybridized carbons (Fsp3) is 0.381. The minimum absolute atomic E-state index is 0.00264. The van der Waals surface area contributed by atoms with Crippen LogP contribution in [-0.4, -0.2) is 41.9 Å². The maximum atomic E-state index is 12.9. The molecule has 0 aliphatic carbocycles. The van der Waals surface area contributed by atoms with Crippen molar-refractivity contribution in [2.24, 2.45) is 0 Å². The van der Waals surface area contributed by atoms with E-state index in [1.807, 2.05) is 31.2 Å². The molecule has 0 unspecified atom stereocenters. The molecule has 0 saturated carbocycles. The number of carbonyl (C=O) groups excluding carboxylic acids is 1. The summed E-state index contributed by atoms with van der Waals surface area (Å²) in [5, 5.41) is 11.3. The molecule has 2 aromatic carbocycles. The van der Waals surface area contributed by atoms with Crippen LogP contribution < -0.4 is 4.90 Å². The first-order chi connectivity index (χ1) is 14.1. The average Bonchev–Trinajstić information content (AvgIpc) is 2.72. The molecular weight excluding hydrogens is 399 g/mol. The Hall–Kier alpha value is -3.10. The van der Waals surface area contributed by atoms with Gasteiger partial charge in [0.1, 0.15) is 5.69 Å². The predicted molar refractivity (Wildman–Crippen MR) is 106 cm³/mol. The van der Waals surface area contributed by atoms with Crippen LogP contribution in [0.25, 0.3) is 0 Å². The Morgan fingerprint density at radius 3 is 2.27 bits per heavy atom. The van der Waals surface area contributed by atoms with Crippen molar-refractivity contribution < 1.29 is 22.9 Å². The van der Waals surface area contributed by atoms with Crippen LogP contribution in [0.1, 0.15) is 23.1 Å². The van der Waals surface area contributed by atoms with Gasteiger partial charge < -0.3 is 9.80 Å². The highest BCUT2D eigenvalue weighted by atomic mass is 19.4. The first kappa shape index (κ1) is 21.6. The van der Waals surface area contributed by atoms with Crippen LogP contribution >= 0.6 is 0 Å². The van der Waals surface area contributed by atoms with E-state index < -0.39 is 22.4 Å². The number of alkyl halides is 3. The van der Waals surface area contributed by atoms with Gasteiger partial charge in [0.2, 0.25) is 5.91 Å². The summed E-state index contributed by atoms with van der Waals surface area (Å²) >= 11 is 0. The molecule has 1 aliphatic heterocycles. The fourth-order valence-electron chi connectivity index (χ4n) is 3.47. The van der Waals surface area contributed by atoms with E-state index in [1.54, 1.807) is 9.80 Å². The zero-order chi connectivity index (χ0) is 21.9. The number of anilines is 1. The third kappa shape index (κ3) is 5.08. The van der Waals surface area contributed by atoms with E-state index >= 15 is 0 Å². The first-order valence-corrected chi connectivity index (χ1v) is 9.59. The molecule has 0 aromatic heterocycles. The van der Waals surface area contributed by atoms with E-state index in [0.717, 1.165) is 23.3 Å². The highest BCUT2D eigenvalue weighted by Gasteiger charge is 2.34. The molecular formula is C21H22F3N3O3. The highest BCUT2D eigenvalue weighted by Crippen LogP contribution is 2.36. The molecule has 0 radical (unpaired) electrons. The van der Waals surface area contributed by atoms with Crippen LogP contribution in [0.3, 0.4) is 0 Å². The van der Waals surface area contributed by atoms with E-state index in [4.69, 9.17) is 0 Å². The van der Waals surface area contributed by atoms with Crippen LogP contribution in [-0.2, 0) is 17.4 Å². The van der Waals surface area contributed by atoms with Crippen LogP contribution in [0.15, 0.2) is 42.5 Å². The van der Waals surface area contributed by atoms with Crippen molar-refractivity contribution in [1.82, 2.24) is 4.90 Å². The number of hydrogen-bond donors (Lipinski definition) is 0. The fourth-order valence-corrected chi connectivity index (χ4v) is 3.47. The minimum atomic E-state index is -4.65. The molecule has 0 N–H and O–H groups in total. The normalized spacial score (nSPS) is 14.7. The van der Waals surface area contributed by atoms with Gasteiger partial charge in [-0.05, 0) is 31.0 Å². The summed E-state index contributed by atoms with van der Waals surface area (Å²) < 4.78 is 38.6. The van der Waals surface area contributed by atoms with Crippen molar-refractivity contribution in [3.8, 4) is 0 Å². The summed E-state index contributed by atoms with van der Waals surface area (Å²) in [6.07, 6.45) is -3.65. The van der Waals surface area contributed by atoms with E-state index in [2.05, 4.69) is 0 Å². The number of amides is 1. The Kier molecular flexibility index (Phi) is 6.28. The maximum Gasteiger partial charge on any atom is 0.416 e. The molecule has 1 aliphatic rings. The largest absolute Gasteiger partial charge is 0.416 e. The quantitative estimate of drug-likeness (QED) is 0.536. The number of hydrogen-bond acceptors (Lipinski definition) is 4. The topological polar surface area (TPSA) is 66.7 Å². The lowest BCUT2D eigenvalue weighted by Gasteiger charge is -2.36. The van der Waals surface area contributed by atoms with Crippen molar-refractivity contribution in [3.63, 3.8) is 0 Å². The van der Waals surface area contributed by atoms with Gasteiger partial charge in [-0.3, -0.25) is 14.9 Å². The summed E-state index contributed by atoms with van der Waals surface area (Å²) in [5.41, 5.74) is 0.734. The van der Waals surface area contributed by atoms with E-state index in [1.165, 1.54) is 0 Å². The molecule has 30 heavy (non-hydrogen) atoms. The highest BCUT2D eigenvalue weighted by molar-refractivity contribution is 5.77. The average molecular weight is 421 g/mol. The lowest BCUT2D eigenvalue weighted by Crippen LogP contribution is -2.49. The number of nitro benzene ring substituents is 1. The summed E-state index contributed by atoms with van der Waals surface area (Å²) in [6, 6.07) is 10.5. The third-order valence-electron chi connectivity index (χ3n) is 5.22. The van der Waals surface area contributed by atoms with E-state index in [0.29, 0.717) is 45.1 Å². The Morgan fingerprint density at radius 1 is 1.07 bits per heavy atom. The van der Waals surface area contributed by atoms with Crippen molar-refractivity contribution in [1.29, 1.82) is 0 Å². The number of nitrogens with zero attached hydrogens (tertiary/aromatic N) is 3. The van der Waals surface area contributed by atoms with Crippen molar-refractivity contribution in [3.05, 3.63) is 69.3 Å². The number of halogens is 3.